The molecule has 0 amide bonds. The Kier molecular flexibility index (Phi) is 50.1. The average Bonchev–Trinajstić information content (AvgIpc) is 3.28. The number of hydrogen-bond donors (Lipinski definition) is 0. The van der Waals surface area contributed by atoms with Gasteiger partial charge in [-0.05, 0) is 25.2 Å². The van der Waals surface area contributed by atoms with Crippen LogP contribution in [0, 0.1) is 5.92 Å². The van der Waals surface area contributed by atoms with Crippen LogP contribution in [0.2, 0.25) is 0 Å². The van der Waals surface area contributed by atoms with Gasteiger partial charge in [-0.1, -0.05) is 285 Å². The average molecular weight is 892 g/mol. The molecule has 0 spiro atoms. The molecule has 0 saturated heterocycles. The third-order valence-corrected chi connectivity index (χ3v) is 13.4. The van der Waals surface area contributed by atoms with Crippen LogP contribution in [-0.2, 0) is 28.6 Å². The summed E-state index contributed by atoms with van der Waals surface area (Å²) in [7, 11) is 0. The molecule has 0 saturated carbocycles. The van der Waals surface area contributed by atoms with Crippen LogP contribution in [0.4, 0.5) is 0 Å². The molecule has 1 unspecified atom stereocenters. The topological polar surface area (TPSA) is 78.9 Å². The van der Waals surface area contributed by atoms with E-state index in [-0.39, 0.29) is 31.1 Å². The predicted molar refractivity (Wildman–Crippen MR) is 270 cm³/mol. The van der Waals surface area contributed by atoms with E-state index in [2.05, 4.69) is 27.7 Å². The van der Waals surface area contributed by atoms with Gasteiger partial charge < -0.3 is 14.2 Å². The van der Waals surface area contributed by atoms with Crippen molar-refractivity contribution in [2.75, 3.05) is 13.2 Å². The summed E-state index contributed by atoms with van der Waals surface area (Å²) in [6, 6.07) is 0. The summed E-state index contributed by atoms with van der Waals surface area (Å²) in [6.45, 7) is 9.06. The molecule has 0 aliphatic rings. The second kappa shape index (κ2) is 51.4. The van der Waals surface area contributed by atoms with Gasteiger partial charge in [0.1, 0.15) is 13.2 Å². The molecule has 2 atom stereocenters. The molecule has 0 fully saturated rings. The fourth-order valence-electron chi connectivity index (χ4n) is 8.72. The first-order valence-electron chi connectivity index (χ1n) is 28.4. The molecule has 0 aliphatic carbocycles. The molecule has 0 aliphatic heterocycles. The first-order chi connectivity index (χ1) is 30.9. The van der Waals surface area contributed by atoms with Gasteiger partial charge in [0.05, 0.1) is 0 Å². The van der Waals surface area contributed by atoms with Crippen LogP contribution in [0.1, 0.15) is 323 Å². The smallest absolute Gasteiger partial charge is 0.306 e. The van der Waals surface area contributed by atoms with Gasteiger partial charge in [0.2, 0.25) is 0 Å². The fraction of sp³-hybridized carbons (Fsp3) is 0.947. The third-order valence-electron chi connectivity index (χ3n) is 13.4. The Hall–Kier alpha value is -1.59. The highest BCUT2D eigenvalue weighted by Gasteiger charge is 2.19. The van der Waals surface area contributed by atoms with Crippen molar-refractivity contribution >= 4 is 17.9 Å². The molecular weight excluding hydrogens is 781 g/mol. The molecular formula is C57H110O6. The quantitative estimate of drug-likeness (QED) is 0.0344. The zero-order valence-electron chi connectivity index (χ0n) is 43.0. The lowest BCUT2D eigenvalue weighted by atomic mass is 9.99. The van der Waals surface area contributed by atoms with E-state index >= 15 is 0 Å². The van der Waals surface area contributed by atoms with Crippen LogP contribution in [0.15, 0.2) is 0 Å². The molecule has 374 valence electrons. The van der Waals surface area contributed by atoms with Crippen molar-refractivity contribution < 1.29 is 28.6 Å². The lowest BCUT2D eigenvalue weighted by molar-refractivity contribution is -0.167. The van der Waals surface area contributed by atoms with Crippen molar-refractivity contribution in [1.29, 1.82) is 0 Å². The van der Waals surface area contributed by atoms with Crippen molar-refractivity contribution in [3.05, 3.63) is 0 Å². The van der Waals surface area contributed by atoms with Gasteiger partial charge in [0.15, 0.2) is 6.10 Å². The van der Waals surface area contributed by atoms with Crippen LogP contribution in [-0.4, -0.2) is 37.2 Å². The van der Waals surface area contributed by atoms with Crippen LogP contribution in [0.5, 0.6) is 0 Å². The summed E-state index contributed by atoms with van der Waals surface area (Å²) in [5, 5.41) is 0. The van der Waals surface area contributed by atoms with E-state index < -0.39 is 6.10 Å². The largest absolute Gasteiger partial charge is 0.462 e. The molecule has 63 heavy (non-hydrogen) atoms. The Labute approximate surface area is 393 Å². The summed E-state index contributed by atoms with van der Waals surface area (Å²) < 4.78 is 16.9. The monoisotopic (exact) mass is 891 g/mol. The van der Waals surface area contributed by atoms with E-state index in [1.54, 1.807) is 0 Å². The number of carbonyl (C=O) groups excluding carboxylic acids is 3. The van der Waals surface area contributed by atoms with Crippen molar-refractivity contribution in [3.63, 3.8) is 0 Å². The number of ether oxygens (including phenoxy) is 3. The number of hydrogen-bond acceptors (Lipinski definition) is 6. The number of unbranched alkanes of at least 4 members (excludes halogenated alkanes) is 38. The van der Waals surface area contributed by atoms with E-state index in [1.807, 2.05) is 0 Å². The molecule has 0 aromatic rings. The van der Waals surface area contributed by atoms with E-state index in [0.29, 0.717) is 19.3 Å². The Morgan fingerprint density at radius 3 is 0.825 bits per heavy atom. The minimum atomic E-state index is -0.762. The normalized spacial score (nSPS) is 12.4. The molecule has 0 rings (SSSR count). The van der Waals surface area contributed by atoms with Crippen molar-refractivity contribution in [2.45, 2.75) is 329 Å². The maximum atomic E-state index is 12.8. The summed E-state index contributed by atoms with van der Waals surface area (Å²) in [5.41, 5.74) is 0. The minimum Gasteiger partial charge on any atom is -0.462 e. The van der Waals surface area contributed by atoms with E-state index in [1.165, 1.54) is 218 Å². The lowest BCUT2D eigenvalue weighted by Gasteiger charge is -2.18. The van der Waals surface area contributed by atoms with Gasteiger partial charge in [-0.2, -0.15) is 0 Å². The molecule has 0 aromatic heterocycles. The van der Waals surface area contributed by atoms with Gasteiger partial charge in [-0.3, -0.25) is 14.4 Å². The highest BCUT2D eigenvalue weighted by molar-refractivity contribution is 5.71. The van der Waals surface area contributed by atoms with Crippen molar-refractivity contribution in [1.82, 2.24) is 0 Å². The minimum absolute atomic E-state index is 0.0624. The standard InChI is InChI=1S/C57H110O6/c1-5-8-10-12-14-16-18-20-22-23-24-26-28-30-32-38-42-46-50-57(60)63-54(52-62-56(59)49-45-41-37-34-33-35-39-43-47-53(4)7-3)51-61-55(58)48-44-40-36-31-29-27-25-21-19-17-15-13-11-9-6-2/h53-54H,5-52H2,1-4H3/t53?,54-/m1/s1. The van der Waals surface area contributed by atoms with Crippen LogP contribution in [0.3, 0.4) is 0 Å². The van der Waals surface area contributed by atoms with Gasteiger partial charge in [-0.25, -0.2) is 0 Å². The first kappa shape index (κ1) is 61.4. The highest BCUT2D eigenvalue weighted by Crippen LogP contribution is 2.18. The van der Waals surface area contributed by atoms with E-state index in [0.717, 1.165) is 63.7 Å². The van der Waals surface area contributed by atoms with Gasteiger partial charge in [-0.15, -0.1) is 0 Å². The number of esters is 3. The summed E-state index contributed by atoms with van der Waals surface area (Å²) in [4.78, 5) is 38.1. The molecule has 0 N–H and O–H groups in total. The molecule has 0 aromatic carbocycles. The summed E-state index contributed by atoms with van der Waals surface area (Å²) >= 11 is 0. The van der Waals surface area contributed by atoms with Crippen molar-refractivity contribution in [2.24, 2.45) is 5.92 Å². The van der Waals surface area contributed by atoms with E-state index in [9.17, 15) is 14.4 Å². The second-order valence-corrected chi connectivity index (χ2v) is 19.8. The van der Waals surface area contributed by atoms with Crippen LogP contribution in [0.25, 0.3) is 0 Å². The maximum absolute atomic E-state index is 12.8. The van der Waals surface area contributed by atoms with Gasteiger partial charge in [0.25, 0.3) is 0 Å². The lowest BCUT2D eigenvalue weighted by Crippen LogP contribution is -2.30. The fourth-order valence-corrected chi connectivity index (χ4v) is 8.72. The van der Waals surface area contributed by atoms with E-state index in [4.69, 9.17) is 14.2 Å². The molecule has 0 radical (unpaired) electrons. The Bertz CT molecular complexity index is 951. The predicted octanol–water partition coefficient (Wildman–Crippen LogP) is 18.6. The molecule has 0 heterocycles. The summed E-state index contributed by atoms with van der Waals surface area (Å²) in [5.74, 6) is 0.00893. The SMILES string of the molecule is CCCCCCCCCCCCCCCCCCCCC(=O)O[C@H](COC(=O)CCCCCCCCCCCCCCCCC)COC(=O)CCCCCCCCCCC(C)CC. The zero-order valence-corrected chi connectivity index (χ0v) is 43.0. The molecule has 6 nitrogen and oxygen atoms in total. The molecule has 6 heteroatoms. The second-order valence-electron chi connectivity index (χ2n) is 19.8. The first-order valence-corrected chi connectivity index (χ1v) is 28.4. The molecule has 0 bridgehead atoms. The maximum Gasteiger partial charge on any atom is 0.306 e. The summed E-state index contributed by atoms with van der Waals surface area (Å²) in [6.07, 6.45) is 55.2. The van der Waals surface area contributed by atoms with Gasteiger partial charge in [0, 0.05) is 19.3 Å². The Morgan fingerprint density at radius 1 is 0.317 bits per heavy atom. The number of rotatable bonds is 52. The third kappa shape index (κ3) is 49.7. The van der Waals surface area contributed by atoms with Crippen LogP contribution >= 0.6 is 0 Å². The zero-order chi connectivity index (χ0) is 45.9. The Morgan fingerprint density at radius 2 is 0.556 bits per heavy atom. The number of carbonyl (C=O) groups is 3. The van der Waals surface area contributed by atoms with Crippen molar-refractivity contribution in [3.8, 4) is 0 Å². The highest BCUT2D eigenvalue weighted by atomic mass is 16.6. The Balaban J connectivity index is 4.29. The van der Waals surface area contributed by atoms with Gasteiger partial charge >= 0.3 is 17.9 Å². The van der Waals surface area contributed by atoms with Crippen LogP contribution < -0.4 is 0 Å².